The summed E-state index contributed by atoms with van der Waals surface area (Å²) >= 11 is 2.34. The Morgan fingerprint density at radius 1 is 1.16 bits per heavy atom. The van der Waals surface area contributed by atoms with Crippen LogP contribution >= 0.6 is 22.6 Å². The van der Waals surface area contributed by atoms with Gasteiger partial charge in [-0.15, -0.1) is 0 Å². The van der Waals surface area contributed by atoms with Crippen molar-refractivity contribution in [1.82, 2.24) is 0 Å². The molecular weight excluding hydrogens is 359 g/mol. The Labute approximate surface area is 128 Å². The molecule has 2 unspecified atom stereocenters. The van der Waals surface area contributed by atoms with Crippen LogP contribution in [-0.4, -0.2) is 30.6 Å². The minimum atomic E-state index is -1.07. The van der Waals surface area contributed by atoms with Crippen molar-refractivity contribution in [3.8, 4) is 0 Å². The minimum absolute atomic E-state index is 0.394. The Kier molecular flexibility index (Phi) is 6.56. The van der Waals surface area contributed by atoms with Crippen LogP contribution in [0.3, 0.4) is 0 Å². The van der Waals surface area contributed by atoms with E-state index in [1.165, 1.54) is 14.2 Å². The summed E-state index contributed by atoms with van der Waals surface area (Å²) in [6, 6.07) is 0. The lowest BCUT2D eigenvalue weighted by atomic mass is 9.84. The second-order valence-electron chi connectivity index (χ2n) is 5.29. The molecule has 110 valence electrons. The average Bonchev–Trinajstić information content (AvgIpc) is 2.83. The van der Waals surface area contributed by atoms with E-state index in [1.807, 2.05) is 0 Å². The van der Waals surface area contributed by atoms with Gasteiger partial charge in [0.15, 0.2) is 5.41 Å². The van der Waals surface area contributed by atoms with Crippen molar-refractivity contribution in [2.45, 2.75) is 39.0 Å². The quantitative estimate of drug-likeness (QED) is 0.307. The van der Waals surface area contributed by atoms with E-state index in [0.717, 1.165) is 23.7 Å². The molecule has 0 radical (unpaired) electrons. The largest absolute Gasteiger partial charge is 0.468 e. The molecule has 4 nitrogen and oxygen atoms in total. The Hall–Kier alpha value is -0.330. The maximum absolute atomic E-state index is 12.1. The summed E-state index contributed by atoms with van der Waals surface area (Å²) in [5.74, 6) is -0.0678. The zero-order valence-corrected chi connectivity index (χ0v) is 14.1. The Morgan fingerprint density at radius 2 is 1.68 bits per heavy atom. The Bertz CT molecular complexity index is 313. The number of hydrogen-bond donors (Lipinski definition) is 0. The van der Waals surface area contributed by atoms with E-state index >= 15 is 0 Å². The van der Waals surface area contributed by atoms with Crippen LogP contribution in [0.2, 0.25) is 0 Å². The van der Waals surface area contributed by atoms with E-state index in [1.54, 1.807) is 0 Å². The normalized spacial score (nSPS) is 25.1. The molecule has 0 N–H and O–H groups in total. The van der Waals surface area contributed by atoms with Gasteiger partial charge < -0.3 is 9.47 Å². The number of methoxy groups -OCH3 is 2. The topological polar surface area (TPSA) is 52.6 Å². The fourth-order valence-corrected chi connectivity index (χ4v) is 4.13. The average molecular weight is 382 g/mol. The zero-order valence-electron chi connectivity index (χ0n) is 11.9. The van der Waals surface area contributed by atoms with Crippen molar-refractivity contribution in [2.24, 2.45) is 17.3 Å². The van der Waals surface area contributed by atoms with Crippen LogP contribution < -0.4 is 0 Å². The summed E-state index contributed by atoms with van der Waals surface area (Å²) in [5.41, 5.74) is -1.07. The van der Waals surface area contributed by atoms with Crippen molar-refractivity contribution in [2.75, 3.05) is 18.6 Å². The highest BCUT2D eigenvalue weighted by Crippen LogP contribution is 2.49. The van der Waals surface area contributed by atoms with Crippen LogP contribution in [-0.2, 0) is 19.1 Å². The van der Waals surface area contributed by atoms with Crippen LogP contribution in [0.4, 0.5) is 0 Å². The molecule has 19 heavy (non-hydrogen) atoms. The van der Waals surface area contributed by atoms with Crippen LogP contribution in [0.1, 0.15) is 39.0 Å². The third-order valence-corrected chi connectivity index (χ3v) is 5.30. The Balaban J connectivity index is 2.95. The first-order valence-corrected chi connectivity index (χ1v) is 8.31. The van der Waals surface area contributed by atoms with Crippen molar-refractivity contribution >= 4 is 34.5 Å². The van der Waals surface area contributed by atoms with Crippen molar-refractivity contribution in [3.05, 3.63) is 0 Å². The SMILES string of the molecule is CCCCC1CC(C(=O)OC)(C(=O)OC)CC1CI. The third-order valence-electron chi connectivity index (χ3n) is 4.17. The van der Waals surface area contributed by atoms with E-state index < -0.39 is 17.4 Å². The molecule has 1 saturated carbocycles. The van der Waals surface area contributed by atoms with Crippen molar-refractivity contribution in [3.63, 3.8) is 0 Å². The summed E-state index contributed by atoms with van der Waals surface area (Å²) in [6.45, 7) is 2.15. The molecule has 2 atom stereocenters. The van der Waals surface area contributed by atoms with Crippen LogP contribution in [0, 0.1) is 17.3 Å². The van der Waals surface area contributed by atoms with Gasteiger partial charge in [0.1, 0.15) is 0 Å². The highest BCUT2D eigenvalue weighted by molar-refractivity contribution is 14.1. The number of carbonyl (C=O) groups excluding carboxylic acids is 2. The smallest absolute Gasteiger partial charge is 0.323 e. The van der Waals surface area contributed by atoms with Gasteiger partial charge in [-0.25, -0.2) is 0 Å². The molecule has 0 aromatic carbocycles. The first kappa shape index (κ1) is 16.7. The van der Waals surface area contributed by atoms with Gasteiger partial charge in [-0.2, -0.15) is 0 Å². The monoisotopic (exact) mass is 382 g/mol. The van der Waals surface area contributed by atoms with Gasteiger partial charge in [0.05, 0.1) is 14.2 Å². The molecule has 0 saturated heterocycles. The second-order valence-corrected chi connectivity index (χ2v) is 6.17. The number of halogens is 1. The number of ether oxygens (including phenoxy) is 2. The summed E-state index contributed by atoms with van der Waals surface area (Å²) in [5, 5.41) is 0. The molecule has 0 aromatic heterocycles. The summed E-state index contributed by atoms with van der Waals surface area (Å²) in [7, 11) is 2.68. The predicted octanol–water partition coefficient (Wildman–Crippen LogP) is 2.97. The molecule has 1 aliphatic carbocycles. The maximum atomic E-state index is 12.1. The molecule has 1 rings (SSSR count). The second kappa shape index (κ2) is 7.45. The predicted molar refractivity (Wildman–Crippen MR) is 81.1 cm³/mol. The number of unbranched alkanes of at least 4 members (excludes halogenated alkanes) is 1. The minimum Gasteiger partial charge on any atom is -0.468 e. The van der Waals surface area contributed by atoms with Gasteiger partial charge in [0, 0.05) is 4.43 Å². The number of esters is 2. The highest BCUT2D eigenvalue weighted by Gasteiger charge is 2.56. The van der Waals surface area contributed by atoms with E-state index in [-0.39, 0.29) is 0 Å². The van der Waals surface area contributed by atoms with Gasteiger partial charge in [0.2, 0.25) is 0 Å². The fraction of sp³-hybridized carbons (Fsp3) is 0.857. The summed E-state index contributed by atoms with van der Waals surface area (Å²) in [4.78, 5) is 24.2. The van der Waals surface area contributed by atoms with Crippen LogP contribution in [0.25, 0.3) is 0 Å². The van der Waals surface area contributed by atoms with Crippen molar-refractivity contribution < 1.29 is 19.1 Å². The molecule has 0 heterocycles. The number of alkyl halides is 1. The third kappa shape index (κ3) is 3.41. The van der Waals surface area contributed by atoms with Gasteiger partial charge >= 0.3 is 11.9 Å². The van der Waals surface area contributed by atoms with Gasteiger partial charge in [0.25, 0.3) is 0 Å². The molecule has 0 amide bonds. The number of carbonyl (C=O) groups is 2. The van der Waals surface area contributed by atoms with Gasteiger partial charge in [-0.3, -0.25) is 9.59 Å². The summed E-state index contributed by atoms with van der Waals surface area (Å²) < 4.78 is 10.7. The molecular formula is C14H23IO4. The maximum Gasteiger partial charge on any atom is 0.323 e. The fourth-order valence-electron chi connectivity index (χ4n) is 3.10. The first-order valence-electron chi connectivity index (χ1n) is 6.78. The van der Waals surface area contributed by atoms with Crippen molar-refractivity contribution in [1.29, 1.82) is 0 Å². The molecule has 0 aromatic rings. The molecule has 0 spiro atoms. The number of hydrogen-bond acceptors (Lipinski definition) is 4. The van der Waals surface area contributed by atoms with Gasteiger partial charge in [-0.05, 0) is 24.7 Å². The van der Waals surface area contributed by atoms with E-state index in [0.29, 0.717) is 24.7 Å². The van der Waals surface area contributed by atoms with Crippen LogP contribution in [0.15, 0.2) is 0 Å². The lowest BCUT2D eigenvalue weighted by Gasteiger charge is -2.23. The molecule has 1 fully saturated rings. The molecule has 0 bridgehead atoms. The number of rotatable bonds is 6. The van der Waals surface area contributed by atoms with E-state index in [2.05, 4.69) is 29.5 Å². The first-order chi connectivity index (χ1) is 9.05. The summed E-state index contributed by atoms with van der Waals surface area (Å²) in [6.07, 6.45) is 4.47. The molecule has 1 aliphatic rings. The zero-order chi connectivity index (χ0) is 14.5. The highest BCUT2D eigenvalue weighted by atomic mass is 127. The molecule has 0 aliphatic heterocycles. The lowest BCUT2D eigenvalue weighted by Crippen LogP contribution is -2.39. The van der Waals surface area contributed by atoms with E-state index in [4.69, 9.17) is 9.47 Å². The van der Waals surface area contributed by atoms with Crippen LogP contribution in [0.5, 0.6) is 0 Å². The standard InChI is InChI=1S/C14H23IO4/c1-4-5-6-10-7-14(12(16)18-2,13(17)19-3)8-11(10)9-15/h10-11H,4-9H2,1-3H3. The van der Waals surface area contributed by atoms with E-state index in [9.17, 15) is 9.59 Å². The Morgan fingerprint density at radius 3 is 2.11 bits per heavy atom. The lowest BCUT2D eigenvalue weighted by molar-refractivity contribution is -0.169. The van der Waals surface area contributed by atoms with Gasteiger partial charge in [-0.1, -0.05) is 48.8 Å². The molecule has 5 heteroatoms.